The number of aromatic nitrogens is 4. The summed E-state index contributed by atoms with van der Waals surface area (Å²) in [6, 6.07) is -0.0258. The van der Waals surface area contributed by atoms with Crippen LogP contribution in [0.1, 0.15) is 46.4 Å². The number of hydrogen-bond donors (Lipinski definition) is 4. The smallest absolute Gasteiger partial charge is 0.290 e. The number of aromatic amines is 1. The molecule has 0 aliphatic carbocycles. The molecule has 1 atom stereocenters. The van der Waals surface area contributed by atoms with Gasteiger partial charge < -0.3 is 20.7 Å². The van der Waals surface area contributed by atoms with Crippen molar-refractivity contribution < 1.29 is 14.7 Å². The Morgan fingerprint density at radius 1 is 1.38 bits per heavy atom. The highest BCUT2D eigenvalue weighted by molar-refractivity contribution is 5.96. The molecule has 0 saturated carbocycles. The number of fused-ring (bicyclic) bond motifs is 1. The molecule has 1 amide bonds. The van der Waals surface area contributed by atoms with Crippen LogP contribution in [-0.4, -0.2) is 44.0 Å². The molecule has 9 nitrogen and oxygen atoms in total. The molecule has 4 N–H and O–H groups in total. The monoisotopic (exact) mass is 332 g/mol. The molecule has 1 aliphatic rings. The number of carboxylic acid groups (broad SMARTS) is 1. The van der Waals surface area contributed by atoms with Gasteiger partial charge in [0, 0.05) is 24.0 Å². The second kappa shape index (κ2) is 7.53. The third-order valence-electron chi connectivity index (χ3n) is 3.48. The Morgan fingerprint density at radius 3 is 2.71 bits per heavy atom. The number of nitrogens with zero attached hydrogens (tertiary/aromatic N) is 3. The van der Waals surface area contributed by atoms with E-state index in [1.165, 1.54) is 0 Å². The molecular formula is C15H20N6O3. The van der Waals surface area contributed by atoms with Crippen LogP contribution in [-0.2, 0) is 11.2 Å². The number of imidazole rings is 1. The van der Waals surface area contributed by atoms with E-state index in [2.05, 4.69) is 30.6 Å². The average Bonchev–Trinajstić information content (AvgIpc) is 2.96. The van der Waals surface area contributed by atoms with Gasteiger partial charge in [0.25, 0.3) is 12.4 Å². The maximum Gasteiger partial charge on any atom is 0.290 e. The molecular weight excluding hydrogens is 312 g/mol. The topological polar surface area (TPSA) is 133 Å². The van der Waals surface area contributed by atoms with Gasteiger partial charge in [-0.1, -0.05) is 0 Å². The minimum Gasteiger partial charge on any atom is -0.483 e. The summed E-state index contributed by atoms with van der Waals surface area (Å²) in [6.45, 7) is 6.12. The summed E-state index contributed by atoms with van der Waals surface area (Å²) in [5.74, 6) is 2.01. The molecule has 24 heavy (non-hydrogen) atoms. The zero-order valence-electron chi connectivity index (χ0n) is 13.8. The molecule has 0 aromatic carbocycles. The van der Waals surface area contributed by atoms with Crippen molar-refractivity contribution in [3.8, 4) is 0 Å². The Hall–Kier alpha value is -2.97. The van der Waals surface area contributed by atoms with Crippen molar-refractivity contribution in [2.24, 2.45) is 0 Å². The van der Waals surface area contributed by atoms with Gasteiger partial charge in [0.1, 0.15) is 23.2 Å². The van der Waals surface area contributed by atoms with E-state index in [1.807, 2.05) is 13.8 Å². The number of carbonyl (C=O) groups is 2. The van der Waals surface area contributed by atoms with Crippen LogP contribution in [0.2, 0.25) is 0 Å². The Labute approximate surface area is 138 Å². The first-order valence-electron chi connectivity index (χ1n) is 7.47. The lowest BCUT2D eigenvalue weighted by atomic mass is 10.1. The molecule has 3 heterocycles. The minimum atomic E-state index is -0.250. The Balaban J connectivity index is 0.000000647. The lowest BCUT2D eigenvalue weighted by Crippen LogP contribution is -2.34. The lowest BCUT2D eigenvalue weighted by molar-refractivity contribution is -0.122. The zero-order chi connectivity index (χ0) is 17.7. The van der Waals surface area contributed by atoms with E-state index in [1.54, 1.807) is 13.1 Å². The van der Waals surface area contributed by atoms with Crippen molar-refractivity contribution in [3.05, 3.63) is 34.8 Å². The molecule has 9 heteroatoms. The number of anilines is 1. The average molecular weight is 332 g/mol. The van der Waals surface area contributed by atoms with Crippen LogP contribution in [0.15, 0.2) is 6.20 Å². The summed E-state index contributed by atoms with van der Waals surface area (Å²) < 4.78 is 0. The Kier molecular flexibility index (Phi) is 5.46. The lowest BCUT2D eigenvalue weighted by Gasteiger charge is -2.21. The van der Waals surface area contributed by atoms with Gasteiger partial charge in [0.2, 0.25) is 0 Å². The number of hydrogen-bond acceptors (Lipinski definition) is 6. The van der Waals surface area contributed by atoms with Gasteiger partial charge in [-0.25, -0.2) is 15.0 Å². The van der Waals surface area contributed by atoms with Crippen molar-refractivity contribution in [2.45, 2.75) is 33.2 Å². The first-order valence-corrected chi connectivity index (χ1v) is 7.47. The highest BCUT2D eigenvalue weighted by Gasteiger charge is 2.24. The predicted octanol–water partition coefficient (Wildman–Crippen LogP) is 0.976. The molecule has 3 rings (SSSR count). The summed E-state index contributed by atoms with van der Waals surface area (Å²) >= 11 is 0. The Morgan fingerprint density at radius 2 is 2.08 bits per heavy atom. The second-order valence-electron chi connectivity index (χ2n) is 5.38. The van der Waals surface area contributed by atoms with Gasteiger partial charge in [-0.3, -0.25) is 9.59 Å². The quantitative estimate of drug-likeness (QED) is 0.616. The molecule has 0 saturated heterocycles. The fourth-order valence-electron chi connectivity index (χ4n) is 2.45. The molecule has 128 valence electrons. The number of aryl methyl sites for hydroxylation is 2. The van der Waals surface area contributed by atoms with Crippen LogP contribution >= 0.6 is 0 Å². The van der Waals surface area contributed by atoms with E-state index in [0.717, 1.165) is 23.5 Å². The van der Waals surface area contributed by atoms with E-state index in [0.29, 0.717) is 23.9 Å². The normalized spacial score (nSPS) is 13.9. The third kappa shape index (κ3) is 3.86. The van der Waals surface area contributed by atoms with Gasteiger partial charge >= 0.3 is 0 Å². The second-order valence-corrected chi connectivity index (χ2v) is 5.38. The van der Waals surface area contributed by atoms with Crippen molar-refractivity contribution in [1.82, 2.24) is 25.3 Å². The highest BCUT2D eigenvalue weighted by Crippen LogP contribution is 2.23. The molecule has 1 unspecified atom stereocenters. The van der Waals surface area contributed by atoms with Crippen LogP contribution in [0, 0.1) is 13.8 Å². The number of amides is 1. The number of carbonyl (C=O) groups excluding carboxylic acids is 1. The van der Waals surface area contributed by atoms with E-state index >= 15 is 0 Å². The van der Waals surface area contributed by atoms with Crippen LogP contribution < -0.4 is 10.6 Å². The minimum absolute atomic E-state index is 0.0258. The molecule has 2 aromatic rings. The van der Waals surface area contributed by atoms with Crippen molar-refractivity contribution >= 4 is 18.2 Å². The van der Waals surface area contributed by atoms with E-state index < -0.39 is 0 Å². The molecule has 0 spiro atoms. The molecule has 2 aromatic heterocycles. The van der Waals surface area contributed by atoms with Gasteiger partial charge in [-0.15, -0.1) is 0 Å². The first kappa shape index (κ1) is 17.4. The maximum atomic E-state index is 11.9. The summed E-state index contributed by atoms with van der Waals surface area (Å²) in [6.07, 6.45) is 2.52. The summed E-state index contributed by atoms with van der Waals surface area (Å²) in [4.78, 5) is 36.5. The Bertz CT molecular complexity index is 743. The van der Waals surface area contributed by atoms with Crippen LogP contribution in [0.4, 0.5) is 5.82 Å². The van der Waals surface area contributed by atoms with Crippen LogP contribution in [0.5, 0.6) is 0 Å². The fraction of sp³-hybridized carbons (Fsp3) is 0.400. The molecule has 1 aliphatic heterocycles. The number of H-pyrrole nitrogens is 1. The van der Waals surface area contributed by atoms with E-state index in [9.17, 15) is 4.79 Å². The standard InChI is InChI=1S/C14H18N6O.CH2O2/c1-7-6-16-12(17-7)8(2)18-13-10-4-5-15-14(21)11(10)19-9(3)20-13;2-1-3/h6,8H,4-5H2,1-3H3,(H,15,21)(H,16,17)(H,18,19,20);1H,(H,2,3). The summed E-state index contributed by atoms with van der Waals surface area (Å²) in [5, 5.41) is 13.0. The third-order valence-corrected chi connectivity index (χ3v) is 3.48. The fourth-order valence-corrected chi connectivity index (χ4v) is 2.45. The van der Waals surface area contributed by atoms with Crippen LogP contribution in [0.3, 0.4) is 0 Å². The zero-order valence-corrected chi connectivity index (χ0v) is 13.8. The number of rotatable bonds is 3. The largest absolute Gasteiger partial charge is 0.483 e. The highest BCUT2D eigenvalue weighted by atomic mass is 16.3. The molecule has 0 fully saturated rings. The van der Waals surface area contributed by atoms with Gasteiger partial charge in [0.05, 0.1) is 6.04 Å². The van der Waals surface area contributed by atoms with Gasteiger partial charge in [-0.05, 0) is 27.2 Å². The van der Waals surface area contributed by atoms with Crippen molar-refractivity contribution in [2.75, 3.05) is 11.9 Å². The van der Waals surface area contributed by atoms with Crippen molar-refractivity contribution in [1.29, 1.82) is 0 Å². The summed E-state index contributed by atoms with van der Waals surface area (Å²) in [7, 11) is 0. The molecule has 0 bridgehead atoms. The SMILES string of the molecule is Cc1nc(NC(C)c2ncc(C)[nH]2)c2c(n1)C(=O)NCC2.O=CO. The summed E-state index contributed by atoms with van der Waals surface area (Å²) in [5.41, 5.74) is 2.36. The maximum absolute atomic E-state index is 11.9. The van der Waals surface area contributed by atoms with Crippen LogP contribution in [0.25, 0.3) is 0 Å². The van der Waals surface area contributed by atoms with Gasteiger partial charge in [0.15, 0.2) is 0 Å². The van der Waals surface area contributed by atoms with Gasteiger partial charge in [-0.2, -0.15) is 0 Å². The van der Waals surface area contributed by atoms with E-state index in [4.69, 9.17) is 9.90 Å². The van der Waals surface area contributed by atoms with Crippen molar-refractivity contribution in [3.63, 3.8) is 0 Å². The number of nitrogens with one attached hydrogen (secondary N) is 3. The van der Waals surface area contributed by atoms with E-state index in [-0.39, 0.29) is 18.4 Å². The predicted molar refractivity (Wildman–Crippen MR) is 86.9 cm³/mol. The molecule has 0 radical (unpaired) electrons. The first-order chi connectivity index (χ1) is 11.5.